The lowest BCUT2D eigenvalue weighted by Crippen LogP contribution is -2.10. The lowest BCUT2D eigenvalue weighted by atomic mass is 10.4. The maximum absolute atomic E-state index is 11.5. The number of ether oxygens (including phenoxy) is 1. The van der Waals surface area contributed by atoms with Crippen molar-refractivity contribution in [1.82, 2.24) is 14.7 Å². The number of esters is 1. The van der Waals surface area contributed by atoms with Gasteiger partial charge in [0.15, 0.2) is 11.5 Å². The van der Waals surface area contributed by atoms with Crippen LogP contribution in [0, 0.1) is 6.92 Å². The van der Waals surface area contributed by atoms with Crippen molar-refractivity contribution < 1.29 is 14.1 Å². The van der Waals surface area contributed by atoms with Crippen LogP contribution in [0.15, 0.2) is 16.9 Å². The first kappa shape index (κ1) is 12.2. The van der Waals surface area contributed by atoms with Gasteiger partial charge < -0.3 is 19.6 Å². The van der Waals surface area contributed by atoms with Crippen molar-refractivity contribution in [2.75, 3.05) is 12.3 Å². The minimum absolute atomic E-state index is 0.119. The molecule has 7 nitrogen and oxygen atoms in total. The molecule has 0 aliphatic carbocycles. The molecule has 0 spiro atoms. The maximum Gasteiger partial charge on any atom is 0.360 e. The number of carbonyl (C=O) groups excluding carboxylic acids is 1. The molecule has 18 heavy (non-hydrogen) atoms. The summed E-state index contributed by atoms with van der Waals surface area (Å²) in [5, 5.41) is 3.77. The first-order chi connectivity index (χ1) is 8.61. The first-order valence-electron chi connectivity index (χ1n) is 5.51. The van der Waals surface area contributed by atoms with Crippen molar-refractivity contribution in [2.45, 2.75) is 20.4 Å². The van der Waals surface area contributed by atoms with E-state index >= 15 is 0 Å². The maximum atomic E-state index is 11.5. The number of nitrogens with two attached hydrogens (primary N) is 1. The Morgan fingerprint density at radius 3 is 3.00 bits per heavy atom. The van der Waals surface area contributed by atoms with E-state index in [1.54, 1.807) is 17.6 Å². The Labute approximate surface area is 104 Å². The highest BCUT2D eigenvalue weighted by molar-refractivity contribution is 5.92. The largest absolute Gasteiger partial charge is 0.461 e. The zero-order chi connectivity index (χ0) is 13.1. The molecule has 0 radical (unpaired) electrons. The van der Waals surface area contributed by atoms with E-state index < -0.39 is 5.97 Å². The molecule has 0 amide bonds. The van der Waals surface area contributed by atoms with Crippen LogP contribution in [0.3, 0.4) is 0 Å². The summed E-state index contributed by atoms with van der Waals surface area (Å²) in [6.07, 6.45) is 1.47. The molecule has 2 N–H and O–H groups in total. The second-order valence-electron chi connectivity index (χ2n) is 3.76. The summed E-state index contributed by atoms with van der Waals surface area (Å²) >= 11 is 0. The Kier molecular flexibility index (Phi) is 3.31. The Morgan fingerprint density at radius 2 is 2.39 bits per heavy atom. The third-order valence-electron chi connectivity index (χ3n) is 2.35. The number of imidazole rings is 1. The summed E-state index contributed by atoms with van der Waals surface area (Å²) in [6.45, 7) is 4.21. The van der Waals surface area contributed by atoms with Crippen LogP contribution in [0.5, 0.6) is 0 Å². The van der Waals surface area contributed by atoms with Gasteiger partial charge in [0, 0.05) is 6.07 Å². The summed E-state index contributed by atoms with van der Waals surface area (Å²) in [5.74, 6) is 0.372. The third kappa shape index (κ3) is 2.34. The molecule has 2 aromatic heterocycles. The smallest absolute Gasteiger partial charge is 0.360 e. The number of aromatic nitrogens is 3. The molecule has 0 aromatic carbocycles. The van der Waals surface area contributed by atoms with E-state index in [-0.39, 0.29) is 18.1 Å². The highest BCUT2D eigenvalue weighted by Gasteiger charge is 2.17. The number of carbonyl (C=O) groups is 1. The Balaban J connectivity index is 2.18. The molecule has 7 heteroatoms. The zero-order valence-electron chi connectivity index (χ0n) is 10.2. The van der Waals surface area contributed by atoms with Gasteiger partial charge in [0.1, 0.15) is 5.82 Å². The van der Waals surface area contributed by atoms with Crippen molar-refractivity contribution in [3.8, 4) is 0 Å². The van der Waals surface area contributed by atoms with Crippen LogP contribution in [0.25, 0.3) is 0 Å². The fraction of sp³-hybridized carbons (Fsp3) is 0.364. The second kappa shape index (κ2) is 4.91. The lowest BCUT2D eigenvalue weighted by Gasteiger charge is -2.02. The van der Waals surface area contributed by atoms with Crippen LogP contribution in [-0.2, 0) is 11.3 Å². The van der Waals surface area contributed by atoms with Crippen LogP contribution >= 0.6 is 0 Å². The fourth-order valence-corrected chi connectivity index (χ4v) is 1.53. The van der Waals surface area contributed by atoms with Crippen LogP contribution in [-0.4, -0.2) is 27.3 Å². The van der Waals surface area contributed by atoms with E-state index in [0.717, 1.165) is 5.69 Å². The quantitative estimate of drug-likeness (QED) is 0.813. The van der Waals surface area contributed by atoms with Gasteiger partial charge in [-0.2, -0.15) is 0 Å². The van der Waals surface area contributed by atoms with Gasteiger partial charge in [0.25, 0.3) is 0 Å². The van der Waals surface area contributed by atoms with Crippen molar-refractivity contribution in [2.24, 2.45) is 0 Å². The number of hydrogen-bond acceptors (Lipinski definition) is 6. The molecule has 0 fully saturated rings. The Hall–Kier alpha value is -2.31. The van der Waals surface area contributed by atoms with Crippen LogP contribution in [0.4, 0.5) is 5.82 Å². The molecular weight excluding hydrogens is 236 g/mol. The van der Waals surface area contributed by atoms with Crippen molar-refractivity contribution in [3.63, 3.8) is 0 Å². The molecule has 0 aliphatic heterocycles. The highest BCUT2D eigenvalue weighted by Crippen LogP contribution is 2.14. The standard InChI is InChI=1S/C11H14N4O3/c1-3-17-11(16)9-10(12)15(6-13-9)5-8-4-7(2)14-18-8/h4,6H,3,5,12H2,1-2H3. The number of hydrogen-bond donors (Lipinski definition) is 1. The normalized spacial score (nSPS) is 10.6. The SMILES string of the molecule is CCOC(=O)c1ncn(Cc2cc(C)no2)c1N. The molecule has 0 unspecified atom stereocenters. The van der Waals surface area contributed by atoms with Crippen molar-refractivity contribution in [1.29, 1.82) is 0 Å². The van der Waals surface area contributed by atoms with E-state index in [9.17, 15) is 4.79 Å². The van der Waals surface area contributed by atoms with E-state index in [4.69, 9.17) is 15.0 Å². The summed E-state index contributed by atoms with van der Waals surface area (Å²) in [4.78, 5) is 15.5. The fourth-order valence-electron chi connectivity index (χ4n) is 1.53. The summed E-state index contributed by atoms with van der Waals surface area (Å²) < 4.78 is 11.5. The molecule has 0 saturated heterocycles. The molecule has 0 saturated carbocycles. The number of nitrogens with zero attached hydrogens (tertiary/aromatic N) is 3. The van der Waals surface area contributed by atoms with E-state index in [1.807, 2.05) is 6.92 Å². The van der Waals surface area contributed by atoms with Gasteiger partial charge in [-0.15, -0.1) is 0 Å². The van der Waals surface area contributed by atoms with Gasteiger partial charge in [0.2, 0.25) is 0 Å². The number of rotatable bonds is 4. The minimum atomic E-state index is -0.525. The van der Waals surface area contributed by atoms with E-state index in [2.05, 4.69) is 10.1 Å². The number of nitrogen functional groups attached to an aromatic ring is 1. The van der Waals surface area contributed by atoms with E-state index in [0.29, 0.717) is 12.3 Å². The van der Waals surface area contributed by atoms with Gasteiger partial charge in [-0.25, -0.2) is 9.78 Å². The minimum Gasteiger partial charge on any atom is -0.461 e. The highest BCUT2D eigenvalue weighted by atomic mass is 16.5. The molecule has 0 bridgehead atoms. The number of aryl methyl sites for hydroxylation is 1. The zero-order valence-corrected chi connectivity index (χ0v) is 10.2. The van der Waals surface area contributed by atoms with Gasteiger partial charge in [-0.1, -0.05) is 5.16 Å². The summed E-state index contributed by atoms with van der Waals surface area (Å²) in [6, 6.07) is 1.80. The molecule has 96 valence electrons. The summed E-state index contributed by atoms with van der Waals surface area (Å²) in [7, 11) is 0. The van der Waals surface area contributed by atoms with Crippen molar-refractivity contribution in [3.05, 3.63) is 29.5 Å². The first-order valence-corrected chi connectivity index (χ1v) is 5.51. The predicted octanol–water partition coefficient (Wildman–Crippen LogP) is 0.987. The Bertz CT molecular complexity index is 558. The number of anilines is 1. The summed E-state index contributed by atoms with van der Waals surface area (Å²) in [5.41, 5.74) is 6.73. The van der Waals surface area contributed by atoms with Crippen LogP contribution in [0.2, 0.25) is 0 Å². The third-order valence-corrected chi connectivity index (χ3v) is 2.35. The molecule has 0 aliphatic rings. The van der Waals surface area contributed by atoms with Crippen molar-refractivity contribution >= 4 is 11.8 Å². The van der Waals surface area contributed by atoms with Gasteiger partial charge >= 0.3 is 5.97 Å². The average Bonchev–Trinajstić information content (AvgIpc) is 2.88. The van der Waals surface area contributed by atoms with Gasteiger partial charge in [-0.05, 0) is 13.8 Å². The lowest BCUT2D eigenvalue weighted by molar-refractivity contribution is 0.0521. The Morgan fingerprint density at radius 1 is 1.61 bits per heavy atom. The average molecular weight is 250 g/mol. The molecule has 2 aromatic rings. The molecule has 2 heterocycles. The van der Waals surface area contributed by atoms with E-state index in [1.165, 1.54) is 6.33 Å². The molecule has 0 atom stereocenters. The molecule has 2 rings (SSSR count). The molecular formula is C11H14N4O3. The predicted molar refractivity (Wildman–Crippen MR) is 62.9 cm³/mol. The monoisotopic (exact) mass is 250 g/mol. The van der Waals surface area contributed by atoms with Gasteiger partial charge in [-0.3, -0.25) is 0 Å². The second-order valence-corrected chi connectivity index (χ2v) is 3.76. The van der Waals surface area contributed by atoms with Gasteiger partial charge in [0.05, 0.1) is 25.2 Å². The van der Waals surface area contributed by atoms with Crippen LogP contribution < -0.4 is 5.73 Å². The van der Waals surface area contributed by atoms with Crippen LogP contribution in [0.1, 0.15) is 28.9 Å². The topological polar surface area (TPSA) is 96.2 Å².